The molecule has 0 radical (unpaired) electrons. The molecule has 1 fully saturated rings. The van der Waals surface area contributed by atoms with Crippen LogP contribution < -0.4 is 0 Å². The van der Waals surface area contributed by atoms with Gasteiger partial charge in [-0.3, -0.25) is 4.99 Å². The first kappa shape index (κ1) is 16.5. The molecule has 23 heavy (non-hydrogen) atoms. The first-order chi connectivity index (χ1) is 11.1. The highest BCUT2D eigenvalue weighted by molar-refractivity contribution is 6.03. The van der Waals surface area contributed by atoms with Crippen LogP contribution in [0.15, 0.2) is 40.1 Å². The SMILES string of the molecule is CC1=NCCCC2=CC=CCC(OC3CCN(C(C)C)CC3)=C21. The maximum Gasteiger partial charge on any atom is 0.109 e. The third kappa shape index (κ3) is 3.95. The fourth-order valence-electron chi connectivity index (χ4n) is 3.78. The lowest BCUT2D eigenvalue weighted by Gasteiger charge is -2.35. The minimum atomic E-state index is 0.358. The Kier molecular flexibility index (Phi) is 5.37. The van der Waals surface area contributed by atoms with E-state index in [9.17, 15) is 0 Å². The van der Waals surface area contributed by atoms with Crippen LogP contribution in [0.1, 0.15) is 52.9 Å². The number of rotatable bonds is 3. The van der Waals surface area contributed by atoms with Crippen LogP contribution in [0.3, 0.4) is 0 Å². The van der Waals surface area contributed by atoms with Gasteiger partial charge in [-0.25, -0.2) is 0 Å². The smallest absolute Gasteiger partial charge is 0.109 e. The van der Waals surface area contributed by atoms with Gasteiger partial charge in [0.05, 0.1) is 0 Å². The van der Waals surface area contributed by atoms with E-state index in [0.29, 0.717) is 12.1 Å². The summed E-state index contributed by atoms with van der Waals surface area (Å²) in [5.74, 6) is 1.15. The molecular weight excluding hydrogens is 284 g/mol. The molecule has 0 N–H and O–H groups in total. The second kappa shape index (κ2) is 7.48. The van der Waals surface area contributed by atoms with Crippen LogP contribution in [0.4, 0.5) is 0 Å². The highest BCUT2D eigenvalue weighted by Gasteiger charge is 2.25. The molecule has 2 aliphatic heterocycles. The second-order valence-corrected chi connectivity index (χ2v) is 7.14. The lowest BCUT2D eigenvalue weighted by atomic mass is 9.97. The second-order valence-electron chi connectivity index (χ2n) is 7.14. The van der Waals surface area contributed by atoms with Crippen LogP contribution in [0.5, 0.6) is 0 Å². The fourth-order valence-corrected chi connectivity index (χ4v) is 3.78. The van der Waals surface area contributed by atoms with E-state index in [1.54, 1.807) is 0 Å². The minimum absolute atomic E-state index is 0.358. The summed E-state index contributed by atoms with van der Waals surface area (Å²) in [4.78, 5) is 7.28. The van der Waals surface area contributed by atoms with Crippen LogP contribution >= 0.6 is 0 Å². The summed E-state index contributed by atoms with van der Waals surface area (Å²) in [5, 5.41) is 0. The third-order valence-corrected chi connectivity index (χ3v) is 5.17. The van der Waals surface area contributed by atoms with E-state index in [1.165, 1.54) is 11.1 Å². The summed E-state index contributed by atoms with van der Waals surface area (Å²) in [7, 11) is 0. The Bertz CT molecular complexity index is 546. The molecule has 0 aromatic heterocycles. The predicted molar refractivity (Wildman–Crippen MR) is 96.9 cm³/mol. The zero-order valence-corrected chi connectivity index (χ0v) is 14.8. The number of aliphatic imine (C=N–C) groups is 1. The number of fused-ring (bicyclic) bond motifs is 1. The number of nitrogens with zero attached hydrogens (tertiary/aromatic N) is 2. The Balaban J connectivity index is 1.76. The number of likely N-dealkylation sites (tertiary alicyclic amines) is 1. The van der Waals surface area contributed by atoms with E-state index in [0.717, 1.165) is 63.2 Å². The zero-order chi connectivity index (χ0) is 16.2. The van der Waals surface area contributed by atoms with Gasteiger partial charge in [0.25, 0.3) is 0 Å². The molecule has 0 atom stereocenters. The first-order valence-corrected chi connectivity index (χ1v) is 9.16. The molecule has 3 rings (SSSR count). The summed E-state index contributed by atoms with van der Waals surface area (Å²) in [6.07, 6.45) is 12.4. The number of hydrogen-bond acceptors (Lipinski definition) is 3. The van der Waals surface area contributed by atoms with Crippen LogP contribution in [0, 0.1) is 0 Å². The van der Waals surface area contributed by atoms with Crippen molar-refractivity contribution in [2.75, 3.05) is 19.6 Å². The van der Waals surface area contributed by atoms with Crippen molar-refractivity contribution in [2.45, 2.75) is 65.0 Å². The summed E-state index contributed by atoms with van der Waals surface area (Å²) in [6.45, 7) is 9.95. The van der Waals surface area contributed by atoms with Crippen LogP contribution in [-0.4, -0.2) is 42.4 Å². The zero-order valence-electron chi connectivity index (χ0n) is 14.8. The van der Waals surface area contributed by atoms with Gasteiger partial charge in [-0.2, -0.15) is 0 Å². The van der Waals surface area contributed by atoms with Gasteiger partial charge in [-0.05, 0) is 52.0 Å². The Morgan fingerprint density at radius 2 is 2.04 bits per heavy atom. The molecule has 0 amide bonds. The van der Waals surface area contributed by atoms with E-state index in [1.807, 2.05) is 0 Å². The van der Waals surface area contributed by atoms with E-state index < -0.39 is 0 Å². The van der Waals surface area contributed by atoms with E-state index >= 15 is 0 Å². The number of ether oxygens (including phenoxy) is 1. The van der Waals surface area contributed by atoms with Gasteiger partial charge in [0.2, 0.25) is 0 Å². The van der Waals surface area contributed by atoms with E-state index in [-0.39, 0.29) is 0 Å². The fraction of sp³-hybridized carbons (Fsp3) is 0.650. The Labute approximate surface area is 140 Å². The summed E-state index contributed by atoms with van der Waals surface area (Å²) in [6, 6.07) is 0.643. The molecule has 1 saturated heterocycles. The monoisotopic (exact) mass is 314 g/mol. The Hall–Kier alpha value is -1.35. The molecule has 3 heteroatoms. The third-order valence-electron chi connectivity index (χ3n) is 5.17. The van der Waals surface area contributed by atoms with Crippen molar-refractivity contribution in [3.8, 4) is 0 Å². The molecule has 3 aliphatic rings. The molecule has 0 spiro atoms. The maximum absolute atomic E-state index is 6.52. The van der Waals surface area contributed by atoms with E-state index in [4.69, 9.17) is 9.73 Å². The molecule has 0 saturated carbocycles. The predicted octanol–water partition coefficient (Wildman–Crippen LogP) is 4.27. The highest BCUT2D eigenvalue weighted by atomic mass is 16.5. The quantitative estimate of drug-likeness (QED) is 0.777. The maximum atomic E-state index is 6.52. The number of hydrogen-bond donors (Lipinski definition) is 0. The highest BCUT2D eigenvalue weighted by Crippen LogP contribution is 2.31. The van der Waals surface area contributed by atoms with Crippen molar-refractivity contribution in [1.82, 2.24) is 4.90 Å². The molecule has 0 aromatic carbocycles. The molecule has 3 nitrogen and oxygen atoms in total. The lowest BCUT2D eigenvalue weighted by Crippen LogP contribution is -2.40. The van der Waals surface area contributed by atoms with Crippen molar-refractivity contribution in [1.29, 1.82) is 0 Å². The normalized spacial score (nSPS) is 24.0. The molecule has 2 heterocycles. The van der Waals surface area contributed by atoms with Gasteiger partial charge in [0, 0.05) is 43.4 Å². The van der Waals surface area contributed by atoms with Gasteiger partial charge >= 0.3 is 0 Å². The first-order valence-electron chi connectivity index (χ1n) is 9.16. The van der Waals surface area contributed by atoms with Crippen molar-refractivity contribution in [3.05, 3.63) is 35.1 Å². The standard InChI is InChI=1S/C20H30N2O/c1-15(2)22-13-10-18(11-14-22)23-19-9-5-4-7-17-8-6-12-21-16(3)20(17)19/h4-5,7,15,18H,6,8-14H2,1-3H3. The minimum Gasteiger partial charge on any atom is -0.494 e. The number of allylic oxidation sites excluding steroid dienone is 5. The molecular formula is C20H30N2O. The van der Waals surface area contributed by atoms with Crippen molar-refractivity contribution in [3.63, 3.8) is 0 Å². The van der Waals surface area contributed by atoms with E-state index in [2.05, 4.69) is 43.9 Å². The summed E-state index contributed by atoms with van der Waals surface area (Å²) in [5.41, 5.74) is 3.86. The summed E-state index contributed by atoms with van der Waals surface area (Å²) < 4.78 is 6.52. The molecule has 0 aromatic rings. The molecule has 126 valence electrons. The molecule has 0 bridgehead atoms. The average Bonchev–Trinajstić information content (AvgIpc) is 2.84. The lowest BCUT2D eigenvalue weighted by molar-refractivity contribution is 0.0383. The van der Waals surface area contributed by atoms with Crippen LogP contribution in [0.2, 0.25) is 0 Å². The van der Waals surface area contributed by atoms with Crippen LogP contribution in [-0.2, 0) is 4.74 Å². The Morgan fingerprint density at radius 1 is 1.26 bits per heavy atom. The largest absolute Gasteiger partial charge is 0.494 e. The Morgan fingerprint density at radius 3 is 2.78 bits per heavy atom. The number of piperidine rings is 1. The van der Waals surface area contributed by atoms with Crippen molar-refractivity contribution in [2.24, 2.45) is 4.99 Å². The molecule has 0 unspecified atom stereocenters. The van der Waals surface area contributed by atoms with Gasteiger partial charge in [-0.1, -0.05) is 18.2 Å². The average molecular weight is 314 g/mol. The van der Waals surface area contributed by atoms with Gasteiger partial charge in [0.1, 0.15) is 11.9 Å². The van der Waals surface area contributed by atoms with Gasteiger partial charge in [-0.15, -0.1) is 0 Å². The summed E-state index contributed by atoms with van der Waals surface area (Å²) >= 11 is 0. The van der Waals surface area contributed by atoms with Gasteiger partial charge in [0.15, 0.2) is 0 Å². The van der Waals surface area contributed by atoms with Gasteiger partial charge < -0.3 is 9.64 Å². The van der Waals surface area contributed by atoms with Crippen molar-refractivity contribution < 1.29 is 4.74 Å². The molecule has 1 aliphatic carbocycles. The van der Waals surface area contributed by atoms with Crippen molar-refractivity contribution >= 4 is 5.71 Å². The van der Waals surface area contributed by atoms with Crippen LogP contribution in [0.25, 0.3) is 0 Å². The topological polar surface area (TPSA) is 24.8 Å².